The largest absolute Gasteiger partial charge is 0.432 e. The molecule has 1 N–H and O–H groups in total. The summed E-state index contributed by atoms with van der Waals surface area (Å²) >= 11 is 0. The molecular formula is C31H31F2N5O4. The Labute approximate surface area is 246 Å². The molecule has 0 aliphatic carbocycles. The molecule has 9 nitrogen and oxygen atoms in total. The summed E-state index contributed by atoms with van der Waals surface area (Å²) in [6, 6.07) is 10.7. The average molecular weight is 579 g/mol. The zero-order chi connectivity index (χ0) is 32.9. The third-order valence-electron chi connectivity index (χ3n) is 7.64. The van der Waals surface area contributed by atoms with Crippen LogP contribution < -0.4 is 10.1 Å². The molecule has 1 aromatic heterocycles. The zero-order valence-electron chi connectivity index (χ0n) is 26.2. The van der Waals surface area contributed by atoms with E-state index in [0.717, 1.165) is 6.07 Å². The van der Waals surface area contributed by atoms with Crippen molar-refractivity contribution in [2.75, 3.05) is 18.8 Å². The van der Waals surface area contributed by atoms with Crippen molar-refractivity contribution in [2.24, 2.45) is 5.41 Å². The minimum Gasteiger partial charge on any atom is -0.432 e. The van der Waals surface area contributed by atoms with Crippen molar-refractivity contribution in [3.05, 3.63) is 77.3 Å². The molecule has 2 aliphatic rings. The van der Waals surface area contributed by atoms with Crippen molar-refractivity contribution in [1.29, 1.82) is 0 Å². The lowest BCUT2D eigenvalue weighted by molar-refractivity contribution is -0.137. The van der Waals surface area contributed by atoms with Crippen LogP contribution in [0, 0.1) is 12.0 Å². The number of fused-ring (bicyclic) bond motifs is 3. The second-order valence-corrected chi connectivity index (χ2v) is 11.7. The Morgan fingerprint density at radius 3 is 2.74 bits per heavy atom. The molecule has 42 heavy (non-hydrogen) atoms. The molecule has 1 fully saturated rings. The van der Waals surface area contributed by atoms with Crippen LogP contribution in [-0.2, 0) is 15.0 Å². The fourth-order valence-corrected chi connectivity index (χ4v) is 5.77. The van der Waals surface area contributed by atoms with E-state index in [-0.39, 0.29) is 41.8 Å². The van der Waals surface area contributed by atoms with Gasteiger partial charge < -0.3 is 15.0 Å². The summed E-state index contributed by atoms with van der Waals surface area (Å²) < 4.78 is 56.3. The maximum absolute atomic E-state index is 14.5. The third-order valence-corrected chi connectivity index (χ3v) is 7.64. The van der Waals surface area contributed by atoms with Crippen LogP contribution in [0.5, 0.6) is 5.75 Å². The van der Waals surface area contributed by atoms with Crippen molar-refractivity contribution in [1.82, 2.24) is 14.8 Å². The van der Waals surface area contributed by atoms with Crippen molar-refractivity contribution < 1.29 is 32.0 Å². The lowest BCUT2D eigenvalue weighted by atomic mass is 9.80. The number of alkyl halides is 2. The van der Waals surface area contributed by atoms with E-state index in [0.29, 0.717) is 16.2 Å². The molecule has 3 aromatic rings. The fraction of sp³-hybridized carbons (Fsp3) is 0.387. The van der Waals surface area contributed by atoms with Gasteiger partial charge in [0.2, 0.25) is 5.91 Å². The van der Waals surface area contributed by atoms with E-state index in [1.807, 2.05) is 0 Å². The summed E-state index contributed by atoms with van der Waals surface area (Å²) in [4.78, 5) is 51.3. The minimum absolute atomic E-state index is 0.0129. The van der Waals surface area contributed by atoms with Crippen LogP contribution >= 0.6 is 0 Å². The number of carbonyl (C=O) groups excluding carboxylic acids is 3. The lowest BCUT2D eigenvalue weighted by Gasteiger charge is -2.35. The van der Waals surface area contributed by atoms with Gasteiger partial charge in [0.15, 0.2) is 5.75 Å². The fourth-order valence-electron chi connectivity index (χ4n) is 5.77. The number of likely N-dealkylation sites (tertiary alicyclic amines) is 1. The van der Waals surface area contributed by atoms with Crippen molar-refractivity contribution in [2.45, 2.75) is 57.8 Å². The first kappa shape index (κ1) is 25.1. The molecule has 3 atom stereocenters. The van der Waals surface area contributed by atoms with E-state index in [1.54, 1.807) is 45.0 Å². The molecule has 3 heterocycles. The van der Waals surface area contributed by atoms with Crippen LogP contribution in [0.25, 0.3) is 15.7 Å². The predicted molar refractivity (Wildman–Crippen MR) is 152 cm³/mol. The van der Waals surface area contributed by atoms with Crippen LogP contribution in [0.2, 0.25) is 0 Å². The summed E-state index contributed by atoms with van der Waals surface area (Å²) in [5, 5.41) is 3.06. The minimum atomic E-state index is -3.25. The van der Waals surface area contributed by atoms with Crippen LogP contribution in [0.4, 0.5) is 14.5 Å². The number of hydrogen-bond acceptors (Lipinski definition) is 5. The lowest BCUT2D eigenvalue weighted by Crippen LogP contribution is -2.52. The SMILES string of the molecule is [2H]C([2H])([2H])N(C(=O)c1cc(OC(F)F)c2ncccc2c1)[C@@H](CC(C)(C)C)C(=O)N1C[C@]2(C[C@H]1[N+]#[C-])C(=O)Nc1ccccc12. The maximum Gasteiger partial charge on any atom is 0.387 e. The summed E-state index contributed by atoms with van der Waals surface area (Å²) in [6.07, 6.45) is 0.112. The number of hydrogen-bond donors (Lipinski definition) is 1. The van der Waals surface area contributed by atoms with E-state index in [4.69, 9.17) is 10.7 Å². The maximum atomic E-state index is 14.5. The van der Waals surface area contributed by atoms with Gasteiger partial charge in [-0.25, -0.2) is 6.57 Å². The van der Waals surface area contributed by atoms with Crippen LogP contribution in [0.15, 0.2) is 54.7 Å². The number of pyridine rings is 1. The highest BCUT2D eigenvalue weighted by atomic mass is 19.3. The number of nitrogens with zero attached hydrogens (tertiary/aromatic N) is 4. The van der Waals surface area contributed by atoms with Crippen molar-refractivity contribution >= 4 is 34.3 Å². The number of likely N-dealkylation sites (N-methyl/N-ethyl adjacent to an activating group) is 1. The molecule has 11 heteroatoms. The molecule has 218 valence electrons. The number of benzene rings is 2. The Bertz CT molecular complexity index is 1720. The third kappa shape index (κ3) is 5.13. The Hall–Kier alpha value is -4.59. The highest BCUT2D eigenvalue weighted by Crippen LogP contribution is 2.47. The summed E-state index contributed by atoms with van der Waals surface area (Å²) in [6.45, 7) is 6.57. The number of anilines is 1. The predicted octanol–water partition coefficient (Wildman–Crippen LogP) is 5.08. The topological polar surface area (TPSA) is 96.2 Å². The van der Waals surface area contributed by atoms with Gasteiger partial charge in [0.1, 0.15) is 17.0 Å². The van der Waals surface area contributed by atoms with Crippen LogP contribution in [0.1, 0.15) is 53.6 Å². The molecule has 0 unspecified atom stereocenters. The highest BCUT2D eigenvalue weighted by molar-refractivity contribution is 6.07. The number of aromatic nitrogens is 1. The van der Waals surface area contributed by atoms with Gasteiger partial charge in [-0.1, -0.05) is 45.0 Å². The molecule has 0 saturated carbocycles. The standard InChI is InChI=1S/C31H31F2N5O4/c1-30(2,3)15-22(37(5)26(39)19-13-18-9-8-12-35-25(18)23(14-19)42-29(32)33)27(40)38-17-31(16-24(38)34-4)20-10-6-7-11-21(20)36-28(31)41/h6-14,22,24,29H,15-17H2,1-3,5H3,(H,36,41)/t22-,24-,31-/m0/s1/i5D3. The number of rotatable bonds is 6. The Balaban J connectivity index is 1.59. The molecule has 2 aliphatic heterocycles. The van der Waals surface area contributed by atoms with Gasteiger partial charge in [0.05, 0.1) is 6.42 Å². The first-order chi connectivity index (χ1) is 21.1. The molecule has 3 amide bonds. The first-order valence-corrected chi connectivity index (χ1v) is 13.3. The molecule has 1 saturated heterocycles. The van der Waals surface area contributed by atoms with Gasteiger partial charge in [-0.3, -0.25) is 29.1 Å². The summed E-state index contributed by atoms with van der Waals surface area (Å²) in [7, 11) is 0. The van der Waals surface area contributed by atoms with Gasteiger partial charge >= 0.3 is 12.8 Å². The number of carbonyl (C=O) groups is 3. The molecule has 0 bridgehead atoms. The highest BCUT2D eigenvalue weighted by Gasteiger charge is 2.59. The van der Waals surface area contributed by atoms with E-state index in [1.165, 1.54) is 29.3 Å². The molecular weight excluding hydrogens is 544 g/mol. The van der Waals surface area contributed by atoms with E-state index >= 15 is 0 Å². The van der Waals surface area contributed by atoms with Gasteiger partial charge in [-0.15, -0.1) is 0 Å². The van der Waals surface area contributed by atoms with Gasteiger partial charge in [0.25, 0.3) is 11.8 Å². The first-order valence-electron chi connectivity index (χ1n) is 14.8. The van der Waals surface area contributed by atoms with Gasteiger partial charge in [0, 0.05) is 40.5 Å². The number of halogens is 2. The number of ether oxygens (including phenoxy) is 1. The van der Waals surface area contributed by atoms with Crippen molar-refractivity contribution in [3.8, 4) is 5.75 Å². The number of para-hydroxylation sites is 1. The zero-order valence-corrected chi connectivity index (χ0v) is 23.2. The molecule has 2 aromatic carbocycles. The monoisotopic (exact) mass is 578 g/mol. The molecule has 5 rings (SSSR count). The number of amides is 3. The normalized spacial score (nSPS) is 21.7. The second-order valence-electron chi connectivity index (χ2n) is 11.7. The summed E-state index contributed by atoms with van der Waals surface area (Å²) in [5.74, 6) is -2.74. The Morgan fingerprint density at radius 1 is 1.29 bits per heavy atom. The molecule has 1 spiro atoms. The summed E-state index contributed by atoms with van der Waals surface area (Å²) in [5.41, 5.74) is -0.989. The second kappa shape index (κ2) is 10.7. The van der Waals surface area contributed by atoms with Crippen LogP contribution in [-0.4, -0.2) is 64.8 Å². The Morgan fingerprint density at radius 2 is 2.05 bits per heavy atom. The number of nitrogens with one attached hydrogen (secondary N) is 1. The smallest absolute Gasteiger partial charge is 0.387 e. The van der Waals surface area contributed by atoms with E-state index < -0.39 is 54.2 Å². The van der Waals surface area contributed by atoms with Crippen molar-refractivity contribution in [3.63, 3.8) is 0 Å². The molecule has 0 radical (unpaired) electrons. The van der Waals surface area contributed by atoms with Gasteiger partial charge in [-0.05, 0) is 41.7 Å². The average Bonchev–Trinajstić information content (AvgIpc) is 3.48. The Kier molecular flexibility index (Phi) is 6.39. The van der Waals surface area contributed by atoms with E-state index in [9.17, 15) is 23.2 Å². The van der Waals surface area contributed by atoms with Gasteiger partial charge in [-0.2, -0.15) is 8.78 Å². The van der Waals surface area contributed by atoms with Crippen LogP contribution in [0.3, 0.4) is 0 Å². The van der Waals surface area contributed by atoms with E-state index in [2.05, 4.69) is 19.9 Å². The quantitative estimate of drug-likeness (QED) is 0.412.